The van der Waals surface area contributed by atoms with Gasteiger partial charge in [-0.2, -0.15) is 5.10 Å². The molecular weight excluding hydrogens is 294 g/mol. The van der Waals surface area contributed by atoms with Crippen molar-refractivity contribution >= 4 is 11.7 Å². The summed E-state index contributed by atoms with van der Waals surface area (Å²) in [6.45, 7) is 6.49. The fraction of sp³-hybridized carbons (Fsp3) is 0.412. The Morgan fingerprint density at radius 1 is 1.22 bits per heavy atom. The maximum absolute atomic E-state index is 12.1. The quantitative estimate of drug-likeness (QED) is 0.811. The number of hydrogen-bond acceptors (Lipinski definition) is 4. The number of anilines is 1. The topological polar surface area (TPSA) is 65.4 Å². The van der Waals surface area contributed by atoms with Gasteiger partial charge < -0.3 is 14.8 Å². The van der Waals surface area contributed by atoms with E-state index in [1.807, 2.05) is 25.1 Å². The molecule has 1 N–H and O–H groups in total. The largest absolute Gasteiger partial charge is 0.490 e. The Hall–Kier alpha value is -2.50. The summed E-state index contributed by atoms with van der Waals surface area (Å²) >= 11 is 0. The summed E-state index contributed by atoms with van der Waals surface area (Å²) in [5, 5.41) is 7.06. The van der Waals surface area contributed by atoms with Gasteiger partial charge in [-0.25, -0.2) is 4.68 Å². The predicted octanol–water partition coefficient (Wildman–Crippen LogP) is 3.27. The number of amides is 1. The monoisotopic (exact) mass is 317 g/mol. The van der Waals surface area contributed by atoms with Crippen LogP contribution >= 0.6 is 0 Å². The molecule has 0 saturated heterocycles. The second-order valence-electron chi connectivity index (χ2n) is 5.13. The lowest BCUT2D eigenvalue weighted by molar-refractivity contribution is -0.118. The second kappa shape index (κ2) is 8.22. The van der Waals surface area contributed by atoms with Crippen molar-refractivity contribution in [3.63, 3.8) is 0 Å². The van der Waals surface area contributed by atoms with E-state index >= 15 is 0 Å². The van der Waals surface area contributed by atoms with Crippen molar-refractivity contribution < 1.29 is 14.3 Å². The number of rotatable bonds is 8. The molecule has 0 aliphatic heterocycles. The number of carbonyl (C=O) groups is 1. The number of carbonyl (C=O) groups excluding carboxylic acids is 1. The summed E-state index contributed by atoms with van der Waals surface area (Å²) in [6, 6.07) is 9.30. The second-order valence-corrected chi connectivity index (χ2v) is 5.13. The molecular formula is C17H23N3O3. The molecule has 0 aliphatic rings. The van der Waals surface area contributed by atoms with E-state index in [0.29, 0.717) is 23.9 Å². The molecule has 1 heterocycles. The molecule has 1 unspecified atom stereocenters. The number of aromatic nitrogens is 2. The lowest BCUT2D eigenvalue weighted by Crippen LogP contribution is -2.23. The first-order valence-corrected chi connectivity index (χ1v) is 7.83. The Kier molecular flexibility index (Phi) is 6.02. The minimum atomic E-state index is -0.235. The Morgan fingerprint density at radius 2 is 1.91 bits per heavy atom. The summed E-state index contributed by atoms with van der Waals surface area (Å²) in [6.07, 6.45) is 2.61. The van der Waals surface area contributed by atoms with E-state index in [4.69, 9.17) is 9.47 Å². The van der Waals surface area contributed by atoms with Crippen LogP contribution in [0.1, 0.15) is 33.2 Å². The highest BCUT2D eigenvalue weighted by atomic mass is 16.5. The van der Waals surface area contributed by atoms with E-state index in [1.165, 1.54) is 0 Å². The molecule has 0 fully saturated rings. The van der Waals surface area contributed by atoms with Crippen LogP contribution in [0.25, 0.3) is 0 Å². The first-order chi connectivity index (χ1) is 11.2. The van der Waals surface area contributed by atoms with Crippen LogP contribution in [0.15, 0.2) is 36.5 Å². The van der Waals surface area contributed by atoms with Crippen LogP contribution in [-0.2, 0) is 4.79 Å². The molecule has 0 saturated carbocycles. The zero-order chi connectivity index (χ0) is 16.7. The SMILES string of the molecule is CCOc1ccccc1OCC(=O)Nc1ccnn1C(C)CC. The van der Waals surface area contributed by atoms with Gasteiger partial charge in [0.05, 0.1) is 18.8 Å². The van der Waals surface area contributed by atoms with Crippen LogP contribution in [0.2, 0.25) is 0 Å². The van der Waals surface area contributed by atoms with Gasteiger partial charge in [0.1, 0.15) is 5.82 Å². The average molecular weight is 317 g/mol. The molecule has 6 nitrogen and oxygen atoms in total. The van der Waals surface area contributed by atoms with Crippen LogP contribution in [0.4, 0.5) is 5.82 Å². The van der Waals surface area contributed by atoms with Crippen molar-refractivity contribution in [3.8, 4) is 11.5 Å². The highest BCUT2D eigenvalue weighted by Gasteiger charge is 2.12. The van der Waals surface area contributed by atoms with Crippen LogP contribution in [0, 0.1) is 0 Å². The van der Waals surface area contributed by atoms with Gasteiger partial charge in [-0.05, 0) is 32.4 Å². The first-order valence-electron chi connectivity index (χ1n) is 7.83. The minimum absolute atomic E-state index is 0.0875. The fourth-order valence-corrected chi connectivity index (χ4v) is 2.10. The fourth-order valence-electron chi connectivity index (χ4n) is 2.10. The summed E-state index contributed by atoms with van der Waals surface area (Å²) < 4.78 is 12.8. The van der Waals surface area contributed by atoms with Crippen LogP contribution in [-0.4, -0.2) is 28.9 Å². The van der Waals surface area contributed by atoms with Gasteiger partial charge >= 0.3 is 0 Å². The summed E-state index contributed by atoms with van der Waals surface area (Å²) in [4.78, 5) is 12.1. The highest BCUT2D eigenvalue weighted by molar-refractivity contribution is 5.91. The lowest BCUT2D eigenvalue weighted by atomic mass is 10.3. The van der Waals surface area contributed by atoms with Crippen molar-refractivity contribution in [2.24, 2.45) is 0 Å². The smallest absolute Gasteiger partial charge is 0.263 e. The van der Waals surface area contributed by atoms with Crippen LogP contribution < -0.4 is 14.8 Å². The Labute approximate surface area is 136 Å². The molecule has 1 atom stereocenters. The molecule has 6 heteroatoms. The van der Waals surface area contributed by atoms with Gasteiger partial charge in [-0.15, -0.1) is 0 Å². The van der Waals surface area contributed by atoms with Crippen molar-refractivity contribution in [2.75, 3.05) is 18.5 Å². The van der Waals surface area contributed by atoms with Gasteiger partial charge in [0.15, 0.2) is 18.1 Å². The Bertz CT molecular complexity index is 640. The van der Waals surface area contributed by atoms with E-state index in [-0.39, 0.29) is 18.6 Å². The van der Waals surface area contributed by atoms with Crippen LogP contribution in [0.5, 0.6) is 11.5 Å². The van der Waals surface area contributed by atoms with Gasteiger partial charge in [-0.1, -0.05) is 19.1 Å². The van der Waals surface area contributed by atoms with Crippen molar-refractivity contribution in [2.45, 2.75) is 33.2 Å². The Balaban J connectivity index is 1.95. The maximum Gasteiger partial charge on any atom is 0.263 e. The van der Waals surface area contributed by atoms with E-state index in [1.54, 1.807) is 23.0 Å². The molecule has 1 amide bonds. The third kappa shape index (κ3) is 4.48. The predicted molar refractivity (Wildman–Crippen MR) is 89.0 cm³/mol. The van der Waals surface area contributed by atoms with Crippen molar-refractivity contribution in [3.05, 3.63) is 36.5 Å². The number of nitrogens with one attached hydrogen (secondary N) is 1. The van der Waals surface area contributed by atoms with Gasteiger partial charge in [0.25, 0.3) is 5.91 Å². The highest BCUT2D eigenvalue weighted by Crippen LogP contribution is 2.26. The summed E-state index contributed by atoms with van der Waals surface area (Å²) in [7, 11) is 0. The van der Waals surface area contributed by atoms with E-state index in [9.17, 15) is 4.79 Å². The average Bonchev–Trinajstić information content (AvgIpc) is 3.01. The maximum atomic E-state index is 12.1. The molecule has 2 rings (SSSR count). The molecule has 124 valence electrons. The van der Waals surface area contributed by atoms with Gasteiger partial charge in [0.2, 0.25) is 0 Å². The molecule has 0 aliphatic carbocycles. The lowest BCUT2D eigenvalue weighted by Gasteiger charge is -2.15. The van der Waals surface area contributed by atoms with E-state index in [0.717, 1.165) is 6.42 Å². The number of nitrogens with zero attached hydrogens (tertiary/aromatic N) is 2. The van der Waals surface area contributed by atoms with E-state index < -0.39 is 0 Å². The summed E-state index contributed by atoms with van der Waals surface area (Å²) in [5.74, 6) is 1.62. The van der Waals surface area contributed by atoms with Crippen LogP contribution in [0.3, 0.4) is 0 Å². The zero-order valence-corrected chi connectivity index (χ0v) is 13.8. The van der Waals surface area contributed by atoms with Gasteiger partial charge in [-0.3, -0.25) is 4.79 Å². The van der Waals surface area contributed by atoms with Crippen molar-refractivity contribution in [1.82, 2.24) is 9.78 Å². The molecule has 0 radical (unpaired) electrons. The third-order valence-corrected chi connectivity index (χ3v) is 3.45. The summed E-state index contributed by atoms with van der Waals surface area (Å²) in [5.41, 5.74) is 0. The standard InChI is InChI=1S/C17H23N3O3/c1-4-13(3)20-16(10-11-18-20)19-17(21)12-23-15-9-7-6-8-14(15)22-5-2/h6-11,13H,4-5,12H2,1-3H3,(H,19,21). The third-order valence-electron chi connectivity index (χ3n) is 3.45. The normalized spacial score (nSPS) is 11.8. The molecule has 1 aromatic heterocycles. The number of benzene rings is 1. The van der Waals surface area contributed by atoms with Gasteiger partial charge in [0, 0.05) is 6.07 Å². The molecule has 23 heavy (non-hydrogen) atoms. The number of ether oxygens (including phenoxy) is 2. The molecule has 2 aromatic rings. The molecule has 1 aromatic carbocycles. The molecule has 0 bridgehead atoms. The molecule has 0 spiro atoms. The van der Waals surface area contributed by atoms with Crippen molar-refractivity contribution in [1.29, 1.82) is 0 Å². The minimum Gasteiger partial charge on any atom is -0.490 e. The number of hydrogen-bond donors (Lipinski definition) is 1. The Morgan fingerprint density at radius 3 is 2.57 bits per heavy atom. The number of para-hydroxylation sites is 2. The first kappa shape index (κ1) is 16.9. The zero-order valence-electron chi connectivity index (χ0n) is 13.8. The van der Waals surface area contributed by atoms with E-state index in [2.05, 4.69) is 24.3 Å².